The van der Waals surface area contributed by atoms with E-state index in [1.807, 2.05) is 24.3 Å². The number of nitrogens with zero attached hydrogens (tertiary/aromatic N) is 1. The number of nitriles is 1. The lowest BCUT2D eigenvalue weighted by molar-refractivity contribution is 0.195. The van der Waals surface area contributed by atoms with Crippen LogP contribution in [-0.4, -0.2) is 8.07 Å². The summed E-state index contributed by atoms with van der Waals surface area (Å²) in [6, 6.07) is 15.2. The largest absolute Gasteiger partial charge is 0.485 e. The topological polar surface area (TPSA) is 33.0 Å². The summed E-state index contributed by atoms with van der Waals surface area (Å²) in [5.74, 6) is 0.840. The number of thiophene rings is 1. The number of rotatable bonds is 8. The first-order valence-corrected chi connectivity index (χ1v) is 12.8. The van der Waals surface area contributed by atoms with E-state index in [0.29, 0.717) is 5.56 Å². The van der Waals surface area contributed by atoms with Gasteiger partial charge in [-0.15, -0.1) is 11.3 Å². The molecule has 2 aromatic rings. The summed E-state index contributed by atoms with van der Waals surface area (Å²) in [5.41, 5.74) is 0.667. The Kier molecular flexibility index (Phi) is 6.44. The molecule has 122 valence electrons. The van der Waals surface area contributed by atoms with Crippen LogP contribution >= 0.6 is 11.3 Å². The van der Waals surface area contributed by atoms with Crippen LogP contribution in [0.2, 0.25) is 25.7 Å². The van der Waals surface area contributed by atoms with E-state index in [4.69, 9.17) is 10.00 Å². The third kappa shape index (κ3) is 6.21. The van der Waals surface area contributed by atoms with Gasteiger partial charge in [-0.1, -0.05) is 38.2 Å². The fraction of sp³-hybridized carbons (Fsp3) is 0.421. The monoisotopic (exact) mass is 343 g/mol. The zero-order chi connectivity index (χ0) is 16.7. The Bertz CT molecular complexity index is 623. The lowest BCUT2D eigenvalue weighted by Gasteiger charge is -2.20. The molecule has 0 unspecified atom stereocenters. The van der Waals surface area contributed by atoms with Crippen molar-refractivity contribution in [1.29, 1.82) is 5.26 Å². The molecule has 1 aromatic heterocycles. The average Bonchev–Trinajstić information content (AvgIpc) is 3.04. The predicted octanol–water partition coefficient (Wildman–Crippen LogP) is 6.25. The minimum absolute atomic E-state index is 0.115. The summed E-state index contributed by atoms with van der Waals surface area (Å²) in [6.07, 6.45) is 3.65. The molecular formula is C19H25NOSSi. The minimum Gasteiger partial charge on any atom is -0.485 e. The van der Waals surface area contributed by atoms with Crippen LogP contribution in [0.5, 0.6) is 5.75 Å². The average molecular weight is 344 g/mol. The molecule has 1 heterocycles. The van der Waals surface area contributed by atoms with Gasteiger partial charge in [0.1, 0.15) is 11.9 Å². The van der Waals surface area contributed by atoms with Crippen LogP contribution < -0.4 is 4.74 Å². The van der Waals surface area contributed by atoms with Crippen molar-refractivity contribution in [2.24, 2.45) is 0 Å². The predicted molar refractivity (Wildman–Crippen MR) is 101 cm³/mol. The molecule has 0 aliphatic heterocycles. The smallest absolute Gasteiger partial charge is 0.133 e. The second-order valence-corrected chi connectivity index (χ2v) is 13.7. The lowest BCUT2D eigenvalue weighted by atomic mass is 10.1. The fourth-order valence-corrected chi connectivity index (χ4v) is 4.59. The van der Waals surface area contributed by atoms with Crippen molar-refractivity contribution < 1.29 is 4.74 Å². The Labute approximate surface area is 144 Å². The summed E-state index contributed by atoms with van der Waals surface area (Å²) in [7, 11) is -0.949. The second-order valence-electron chi connectivity index (χ2n) is 7.06. The third-order valence-corrected chi connectivity index (χ3v) is 6.58. The van der Waals surface area contributed by atoms with E-state index in [1.54, 1.807) is 11.3 Å². The van der Waals surface area contributed by atoms with Crippen molar-refractivity contribution in [1.82, 2.24) is 0 Å². The van der Waals surface area contributed by atoms with Gasteiger partial charge in [0.15, 0.2) is 0 Å². The van der Waals surface area contributed by atoms with Gasteiger partial charge in [0.2, 0.25) is 0 Å². The van der Waals surface area contributed by atoms with Crippen LogP contribution in [0.15, 0.2) is 41.8 Å². The van der Waals surface area contributed by atoms with Crippen molar-refractivity contribution in [3.63, 3.8) is 0 Å². The standard InChI is InChI=1S/C19H25NOSSi/c1-23(2,3)14-5-4-7-18(19-8-6-13-22-19)21-17-11-9-16(15-20)10-12-17/h6,8-13,18H,4-5,7,14H2,1-3H3/t18-/m0/s1. The van der Waals surface area contributed by atoms with Crippen molar-refractivity contribution in [2.75, 3.05) is 0 Å². The summed E-state index contributed by atoms with van der Waals surface area (Å²) >= 11 is 1.75. The lowest BCUT2D eigenvalue weighted by Crippen LogP contribution is -2.18. The molecular weight excluding hydrogens is 318 g/mol. The van der Waals surface area contributed by atoms with Crippen molar-refractivity contribution in [3.05, 3.63) is 52.2 Å². The van der Waals surface area contributed by atoms with Gasteiger partial charge in [0, 0.05) is 13.0 Å². The second kappa shape index (κ2) is 8.33. The van der Waals surface area contributed by atoms with Crippen molar-refractivity contribution >= 4 is 19.4 Å². The van der Waals surface area contributed by atoms with E-state index in [1.165, 1.54) is 23.8 Å². The Hall–Kier alpha value is -1.57. The molecule has 0 saturated carbocycles. The number of ether oxygens (including phenoxy) is 1. The minimum atomic E-state index is -0.949. The number of benzene rings is 1. The highest BCUT2D eigenvalue weighted by molar-refractivity contribution is 7.10. The van der Waals surface area contributed by atoms with Crippen molar-refractivity contribution in [2.45, 2.75) is 51.1 Å². The van der Waals surface area contributed by atoms with Crippen molar-refractivity contribution in [3.8, 4) is 11.8 Å². The normalized spacial score (nSPS) is 12.6. The molecule has 0 saturated heterocycles. The third-order valence-electron chi connectivity index (χ3n) is 3.77. The van der Waals surface area contributed by atoms with Crippen LogP contribution in [0.25, 0.3) is 0 Å². The molecule has 0 aliphatic rings. The Balaban J connectivity index is 1.96. The molecule has 2 rings (SSSR count). The Morgan fingerprint density at radius 3 is 2.43 bits per heavy atom. The molecule has 0 bridgehead atoms. The van der Waals surface area contributed by atoms with Gasteiger partial charge in [-0.2, -0.15) is 5.26 Å². The molecule has 0 aliphatic carbocycles. The van der Waals surface area contributed by atoms with E-state index >= 15 is 0 Å². The molecule has 0 fully saturated rings. The molecule has 1 aromatic carbocycles. The van der Waals surface area contributed by atoms with Crippen LogP contribution in [0.4, 0.5) is 0 Å². The molecule has 0 N–H and O–H groups in total. The van der Waals surface area contributed by atoms with E-state index in [0.717, 1.165) is 12.2 Å². The highest BCUT2D eigenvalue weighted by Gasteiger charge is 2.16. The summed E-state index contributed by atoms with van der Waals surface area (Å²) in [6.45, 7) is 7.28. The summed E-state index contributed by atoms with van der Waals surface area (Å²) < 4.78 is 6.20. The van der Waals surface area contributed by atoms with Gasteiger partial charge in [0.25, 0.3) is 0 Å². The van der Waals surface area contributed by atoms with Crippen LogP contribution in [0.3, 0.4) is 0 Å². The maximum absolute atomic E-state index is 8.88. The Morgan fingerprint density at radius 1 is 1.13 bits per heavy atom. The van der Waals surface area contributed by atoms with Crippen LogP contribution in [0.1, 0.15) is 35.8 Å². The van der Waals surface area contributed by atoms with Gasteiger partial charge < -0.3 is 4.74 Å². The van der Waals surface area contributed by atoms with E-state index in [9.17, 15) is 0 Å². The number of hydrogen-bond acceptors (Lipinski definition) is 3. The first-order valence-electron chi connectivity index (χ1n) is 8.18. The maximum Gasteiger partial charge on any atom is 0.133 e. The molecule has 1 atom stereocenters. The van der Waals surface area contributed by atoms with Gasteiger partial charge in [-0.05, 0) is 48.6 Å². The van der Waals surface area contributed by atoms with Gasteiger partial charge in [-0.25, -0.2) is 0 Å². The number of hydrogen-bond donors (Lipinski definition) is 0. The fourth-order valence-electron chi connectivity index (χ4n) is 2.49. The highest BCUT2D eigenvalue weighted by Crippen LogP contribution is 2.30. The zero-order valence-corrected chi connectivity index (χ0v) is 16.0. The molecule has 0 amide bonds. The Morgan fingerprint density at radius 2 is 1.87 bits per heavy atom. The van der Waals surface area contributed by atoms with Gasteiger partial charge in [0.05, 0.1) is 11.6 Å². The quantitative estimate of drug-likeness (QED) is 0.419. The van der Waals surface area contributed by atoms with E-state index in [2.05, 4.69) is 43.2 Å². The van der Waals surface area contributed by atoms with Crippen LogP contribution in [0, 0.1) is 11.3 Å². The van der Waals surface area contributed by atoms with Gasteiger partial charge >= 0.3 is 0 Å². The van der Waals surface area contributed by atoms with E-state index in [-0.39, 0.29) is 6.10 Å². The highest BCUT2D eigenvalue weighted by atomic mass is 32.1. The molecule has 0 radical (unpaired) electrons. The number of unbranched alkanes of at least 4 members (excludes halogenated alkanes) is 1. The van der Waals surface area contributed by atoms with Crippen LogP contribution in [-0.2, 0) is 0 Å². The molecule has 2 nitrogen and oxygen atoms in total. The van der Waals surface area contributed by atoms with E-state index < -0.39 is 8.07 Å². The molecule has 4 heteroatoms. The molecule has 0 spiro atoms. The molecule has 23 heavy (non-hydrogen) atoms. The summed E-state index contributed by atoms with van der Waals surface area (Å²) in [4.78, 5) is 1.28. The zero-order valence-electron chi connectivity index (χ0n) is 14.2. The first-order chi connectivity index (χ1) is 11.0. The first kappa shape index (κ1) is 17.8. The summed E-state index contributed by atoms with van der Waals surface area (Å²) in [5, 5.41) is 11.0. The SMILES string of the molecule is C[Si](C)(C)CCCC[C@H](Oc1ccc(C#N)cc1)c1cccs1. The maximum atomic E-state index is 8.88. The van der Waals surface area contributed by atoms with Gasteiger partial charge in [-0.3, -0.25) is 0 Å².